The number of hydrogen-bond donors (Lipinski definition) is 0. The van der Waals surface area contributed by atoms with E-state index in [2.05, 4.69) is 45.9 Å². The highest BCUT2D eigenvalue weighted by Crippen LogP contribution is 2.36. The Morgan fingerprint density at radius 3 is 2.52 bits per heavy atom. The maximum absolute atomic E-state index is 12.5. The Kier molecular flexibility index (Phi) is 7.26. The summed E-state index contributed by atoms with van der Waals surface area (Å²) >= 11 is 1.41. The molecule has 0 unspecified atom stereocenters. The number of aromatic nitrogens is 2. The van der Waals surface area contributed by atoms with Crippen LogP contribution in [0.2, 0.25) is 0 Å². The third kappa shape index (κ3) is 5.18. The van der Waals surface area contributed by atoms with Crippen LogP contribution in [0.3, 0.4) is 0 Å². The molecule has 0 aliphatic carbocycles. The van der Waals surface area contributed by atoms with Crippen LogP contribution in [-0.4, -0.2) is 72.6 Å². The molecular weight excluding hydrogens is 434 g/mol. The number of thiophene rings is 1. The maximum atomic E-state index is 12.5. The quantitative estimate of drug-likeness (QED) is 0.489. The highest BCUT2D eigenvalue weighted by molar-refractivity contribution is 7.20. The highest BCUT2D eigenvalue weighted by Gasteiger charge is 2.26. The van der Waals surface area contributed by atoms with Crippen molar-refractivity contribution in [1.29, 1.82) is 0 Å². The van der Waals surface area contributed by atoms with Gasteiger partial charge in [-0.1, -0.05) is 24.3 Å². The first-order valence-electron chi connectivity index (χ1n) is 11.5. The second-order valence-electron chi connectivity index (χ2n) is 8.85. The van der Waals surface area contributed by atoms with E-state index >= 15 is 0 Å². The average molecular weight is 468 g/mol. The van der Waals surface area contributed by atoms with Crippen molar-refractivity contribution in [2.45, 2.75) is 33.9 Å². The lowest BCUT2D eigenvalue weighted by Gasteiger charge is -2.36. The molecule has 0 atom stereocenters. The molecule has 0 saturated carbocycles. The predicted octanol–water partition coefficient (Wildman–Crippen LogP) is 3.87. The second-order valence-corrected chi connectivity index (χ2v) is 9.85. The summed E-state index contributed by atoms with van der Waals surface area (Å²) in [6, 6.07) is 8.60. The van der Waals surface area contributed by atoms with Gasteiger partial charge >= 0.3 is 5.97 Å². The van der Waals surface area contributed by atoms with Crippen molar-refractivity contribution >= 4 is 33.3 Å². The molecule has 4 rings (SSSR count). The summed E-state index contributed by atoms with van der Waals surface area (Å²) in [6.07, 6.45) is 0. The third-order valence-corrected chi connectivity index (χ3v) is 7.23. The summed E-state index contributed by atoms with van der Waals surface area (Å²) in [7, 11) is 4.03. The van der Waals surface area contributed by atoms with E-state index in [1.165, 1.54) is 22.5 Å². The van der Waals surface area contributed by atoms with Gasteiger partial charge in [-0.2, -0.15) is 0 Å². The maximum Gasteiger partial charge on any atom is 0.348 e. The van der Waals surface area contributed by atoms with Crippen molar-refractivity contribution < 1.29 is 9.53 Å². The molecule has 7 nitrogen and oxygen atoms in total. The normalized spacial score (nSPS) is 14.9. The van der Waals surface area contributed by atoms with Crippen LogP contribution in [0.25, 0.3) is 10.2 Å². The first-order chi connectivity index (χ1) is 15.9. The molecule has 0 radical (unpaired) electrons. The van der Waals surface area contributed by atoms with E-state index in [0.717, 1.165) is 60.1 Å². The lowest BCUT2D eigenvalue weighted by atomic mass is 10.1. The number of benzene rings is 1. The lowest BCUT2D eigenvalue weighted by molar-refractivity contribution is 0.0531. The zero-order chi connectivity index (χ0) is 23.5. The van der Waals surface area contributed by atoms with Crippen LogP contribution in [0.4, 0.5) is 5.82 Å². The van der Waals surface area contributed by atoms with Crippen LogP contribution in [0.15, 0.2) is 24.3 Å². The molecule has 8 heteroatoms. The molecular formula is C25H33N5O2S. The van der Waals surface area contributed by atoms with Crippen molar-refractivity contribution in [2.75, 3.05) is 51.8 Å². The number of rotatable bonds is 7. The third-order valence-electron chi connectivity index (χ3n) is 6.06. The molecule has 1 saturated heterocycles. The van der Waals surface area contributed by atoms with Crippen LogP contribution in [0.5, 0.6) is 0 Å². The van der Waals surface area contributed by atoms with E-state index in [-0.39, 0.29) is 5.97 Å². The minimum atomic E-state index is -0.277. The molecule has 176 valence electrons. The summed E-state index contributed by atoms with van der Waals surface area (Å²) < 4.78 is 5.29. The zero-order valence-corrected chi connectivity index (χ0v) is 21.0. The number of piperazine rings is 1. The number of nitrogens with zero attached hydrogens (tertiary/aromatic N) is 5. The molecule has 1 aliphatic rings. The molecule has 1 aromatic carbocycles. The lowest BCUT2D eigenvalue weighted by Crippen LogP contribution is -2.46. The number of carbonyl (C=O) groups excluding carboxylic acids is 1. The Hall–Kier alpha value is -2.55. The topological polar surface area (TPSA) is 61.8 Å². The SMILES string of the molecule is CCOC(=O)c1sc2nc(CN(C)C)nc(N3CCN(Cc4ccccc4C)CC3)c2c1C. The van der Waals surface area contributed by atoms with Crippen molar-refractivity contribution in [2.24, 2.45) is 0 Å². The van der Waals surface area contributed by atoms with E-state index in [9.17, 15) is 4.79 Å². The van der Waals surface area contributed by atoms with Gasteiger partial charge in [-0.25, -0.2) is 14.8 Å². The number of aryl methyl sites for hydroxylation is 2. The van der Waals surface area contributed by atoms with Crippen molar-refractivity contribution in [1.82, 2.24) is 19.8 Å². The van der Waals surface area contributed by atoms with E-state index < -0.39 is 0 Å². The van der Waals surface area contributed by atoms with Gasteiger partial charge in [0.2, 0.25) is 0 Å². The molecule has 33 heavy (non-hydrogen) atoms. The number of anilines is 1. The molecule has 1 aliphatic heterocycles. The van der Waals surface area contributed by atoms with Crippen LogP contribution < -0.4 is 4.90 Å². The minimum absolute atomic E-state index is 0.277. The molecule has 3 heterocycles. The van der Waals surface area contributed by atoms with Gasteiger partial charge in [0.25, 0.3) is 0 Å². The summed E-state index contributed by atoms with van der Waals surface area (Å²) in [5.41, 5.74) is 3.64. The van der Waals surface area contributed by atoms with Gasteiger partial charge in [-0.05, 0) is 51.6 Å². The molecule has 0 N–H and O–H groups in total. The Morgan fingerprint density at radius 1 is 1.12 bits per heavy atom. The summed E-state index contributed by atoms with van der Waals surface area (Å²) in [5.74, 6) is 1.44. The largest absolute Gasteiger partial charge is 0.462 e. The van der Waals surface area contributed by atoms with E-state index in [0.29, 0.717) is 18.0 Å². The summed E-state index contributed by atoms with van der Waals surface area (Å²) in [4.78, 5) is 30.7. The van der Waals surface area contributed by atoms with Gasteiger partial charge in [0.05, 0.1) is 18.5 Å². The molecule has 0 amide bonds. The Labute approximate surface area is 200 Å². The molecule has 0 bridgehead atoms. The van der Waals surface area contributed by atoms with E-state index in [1.807, 2.05) is 27.9 Å². The van der Waals surface area contributed by atoms with Gasteiger partial charge in [0.15, 0.2) is 0 Å². The average Bonchev–Trinajstić information content (AvgIpc) is 3.11. The van der Waals surface area contributed by atoms with Crippen LogP contribution in [0, 0.1) is 13.8 Å². The smallest absolute Gasteiger partial charge is 0.348 e. The number of fused-ring (bicyclic) bond motifs is 1. The van der Waals surface area contributed by atoms with Crippen molar-refractivity contribution in [3.05, 3.63) is 51.7 Å². The minimum Gasteiger partial charge on any atom is -0.462 e. The van der Waals surface area contributed by atoms with Crippen LogP contribution in [-0.2, 0) is 17.8 Å². The van der Waals surface area contributed by atoms with E-state index in [1.54, 1.807) is 0 Å². The monoisotopic (exact) mass is 467 g/mol. The highest BCUT2D eigenvalue weighted by atomic mass is 32.1. The fraction of sp³-hybridized carbons (Fsp3) is 0.480. The fourth-order valence-corrected chi connectivity index (χ4v) is 5.37. The van der Waals surface area contributed by atoms with Crippen molar-refractivity contribution in [3.8, 4) is 0 Å². The standard InChI is InChI=1S/C25H33N5O2S/c1-6-32-25(31)22-18(3)21-23(26-20(16-28(4)5)27-24(21)33-22)30-13-11-29(12-14-30)15-19-10-8-7-9-17(19)2/h7-10H,6,11-16H2,1-5H3. The summed E-state index contributed by atoms with van der Waals surface area (Å²) in [5, 5.41) is 0.984. The van der Waals surface area contributed by atoms with Crippen LogP contribution in [0.1, 0.15) is 39.1 Å². The Morgan fingerprint density at radius 2 is 1.85 bits per heavy atom. The van der Waals surface area contributed by atoms with E-state index in [4.69, 9.17) is 14.7 Å². The van der Waals surface area contributed by atoms with Gasteiger partial charge < -0.3 is 14.5 Å². The fourth-order valence-electron chi connectivity index (χ4n) is 4.28. The molecule has 1 fully saturated rings. The van der Waals surface area contributed by atoms with Crippen molar-refractivity contribution in [3.63, 3.8) is 0 Å². The first-order valence-corrected chi connectivity index (χ1v) is 12.3. The number of ether oxygens (including phenoxy) is 1. The number of carbonyl (C=O) groups is 1. The zero-order valence-electron chi connectivity index (χ0n) is 20.2. The van der Waals surface area contributed by atoms with Gasteiger partial charge in [-0.15, -0.1) is 11.3 Å². The molecule has 3 aromatic rings. The first kappa shape index (κ1) is 23.6. The Bertz CT molecular complexity index is 1140. The predicted molar refractivity (Wildman–Crippen MR) is 134 cm³/mol. The second kappa shape index (κ2) is 10.2. The van der Waals surface area contributed by atoms with Gasteiger partial charge in [-0.3, -0.25) is 4.90 Å². The molecule has 2 aromatic heterocycles. The van der Waals surface area contributed by atoms with Crippen LogP contribution >= 0.6 is 11.3 Å². The van der Waals surface area contributed by atoms with Gasteiger partial charge in [0, 0.05) is 32.7 Å². The van der Waals surface area contributed by atoms with Gasteiger partial charge in [0.1, 0.15) is 21.3 Å². The molecule has 0 spiro atoms. The number of esters is 1. The Balaban J connectivity index is 1.62. The summed E-state index contributed by atoms with van der Waals surface area (Å²) in [6.45, 7) is 11.7. The number of hydrogen-bond acceptors (Lipinski definition) is 8.